The second-order valence-electron chi connectivity index (χ2n) is 4.56. The minimum Gasteiger partial charge on any atom is -0.377 e. The highest BCUT2D eigenvalue weighted by Gasteiger charge is 2.24. The van der Waals surface area contributed by atoms with Crippen LogP contribution in [0, 0.1) is 0 Å². The van der Waals surface area contributed by atoms with Crippen molar-refractivity contribution in [3.05, 3.63) is 30.1 Å². The van der Waals surface area contributed by atoms with E-state index in [1.54, 1.807) is 0 Å². The maximum atomic E-state index is 5.49. The van der Waals surface area contributed by atoms with Crippen molar-refractivity contribution in [2.24, 2.45) is 0 Å². The number of nitrogens with zero attached hydrogens (tertiary/aromatic N) is 3. The van der Waals surface area contributed by atoms with E-state index in [-0.39, 0.29) is 0 Å². The summed E-state index contributed by atoms with van der Waals surface area (Å²) in [4.78, 5) is 7.10. The summed E-state index contributed by atoms with van der Waals surface area (Å²) in [6, 6.07) is 6.47. The van der Waals surface area contributed by atoms with Crippen LogP contribution in [0.1, 0.15) is 12.6 Å². The van der Waals surface area contributed by atoms with Crippen LogP contribution in [0.5, 0.6) is 0 Å². The maximum Gasteiger partial charge on any atom is 0.152 e. The number of fused-ring (bicyclic) bond motifs is 1. The monoisotopic (exact) mass is 309 g/mol. The first kappa shape index (κ1) is 12.0. The van der Waals surface area contributed by atoms with E-state index >= 15 is 0 Å². The molecule has 0 aromatic carbocycles. The lowest BCUT2D eigenvalue weighted by atomic mass is 10.2. The average Bonchev–Trinajstić information content (AvgIpc) is 2.77. The van der Waals surface area contributed by atoms with Crippen LogP contribution < -0.4 is 4.90 Å². The lowest BCUT2D eigenvalue weighted by Gasteiger charge is -2.34. The Morgan fingerprint density at radius 3 is 3.17 bits per heavy atom. The van der Waals surface area contributed by atoms with Gasteiger partial charge in [0, 0.05) is 18.1 Å². The van der Waals surface area contributed by atoms with E-state index in [0.29, 0.717) is 6.04 Å². The van der Waals surface area contributed by atoms with Crippen LogP contribution in [0.25, 0.3) is 5.65 Å². The summed E-state index contributed by atoms with van der Waals surface area (Å²) in [5, 5.41) is 0.803. The Morgan fingerprint density at radius 2 is 2.39 bits per heavy atom. The zero-order chi connectivity index (χ0) is 12.5. The van der Waals surface area contributed by atoms with Crippen LogP contribution in [-0.2, 0) is 10.1 Å². The molecular formula is C13H16BrN3O. The number of hydrogen-bond acceptors (Lipinski definition) is 3. The van der Waals surface area contributed by atoms with Gasteiger partial charge in [-0.3, -0.25) is 0 Å². The van der Waals surface area contributed by atoms with Crippen LogP contribution in [0.2, 0.25) is 0 Å². The molecule has 0 aliphatic carbocycles. The van der Waals surface area contributed by atoms with Crippen molar-refractivity contribution in [1.29, 1.82) is 0 Å². The molecule has 1 atom stereocenters. The van der Waals surface area contributed by atoms with Crippen molar-refractivity contribution >= 4 is 27.4 Å². The Kier molecular flexibility index (Phi) is 3.26. The van der Waals surface area contributed by atoms with E-state index in [4.69, 9.17) is 9.72 Å². The number of morpholine rings is 1. The van der Waals surface area contributed by atoms with Crippen molar-refractivity contribution in [2.45, 2.75) is 18.3 Å². The van der Waals surface area contributed by atoms with Gasteiger partial charge < -0.3 is 14.0 Å². The van der Waals surface area contributed by atoms with Gasteiger partial charge in [-0.15, -0.1) is 0 Å². The summed E-state index contributed by atoms with van der Waals surface area (Å²) in [7, 11) is 0. The molecule has 1 saturated heterocycles. The Bertz CT molecular complexity index is 554. The quantitative estimate of drug-likeness (QED) is 0.798. The minimum absolute atomic E-state index is 0.376. The van der Waals surface area contributed by atoms with Crippen LogP contribution in [0.4, 0.5) is 5.82 Å². The molecular weight excluding hydrogens is 294 g/mol. The highest BCUT2D eigenvalue weighted by atomic mass is 79.9. The zero-order valence-corrected chi connectivity index (χ0v) is 11.9. The molecule has 3 heterocycles. The maximum absolute atomic E-state index is 5.49. The molecule has 1 aliphatic rings. The first-order valence-electron chi connectivity index (χ1n) is 6.17. The topological polar surface area (TPSA) is 29.8 Å². The summed E-state index contributed by atoms with van der Waals surface area (Å²) in [5.74, 6) is 1.08. The fourth-order valence-corrected chi connectivity index (χ4v) is 2.95. The van der Waals surface area contributed by atoms with Crippen molar-refractivity contribution in [3.8, 4) is 0 Å². The van der Waals surface area contributed by atoms with Gasteiger partial charge in [0.2, 0.25) is 0 Å². The fourth-order valence-electron chi connectivity index (χ4n) is 2.43. The first-order valence-corrected chi connectivity index (χ1v) is 7.29. The van der Waals surface area contributed by atoms with Crippen molar-refractivity contribution in [3.63, 3.8) is 0 Å². The molecule has 3 rings (SSSR count). The normalized spacial score (nSPS) is 20.6. The molecule has 0 N–H and O–H groups in total. The van der Waals surface area contributed by atoms with Crippen molar-refractivity contribution < 1.29 is 4.74 Å². The fraction of sp³-hybridized carbons (Fsp3) is 0.462. The highest BCUT2D eigenvalue weighted by molar-refractivity contribution is 9.08. The first-order chi connectivity index (χ1) is 8.81. The summed E-state index contributed by atoms with van der Waals surface area (Å²) >= 11 is 3.58. The number of aromatic nitrogens is 2. The van der Waals surface area contributed by atoms with Gasteiger partial charge >= 0.3 is 0 Å². The number of alkyl halides is 1. The summed E-state index contributed by atoms with van der Waals surface area (Å²) in [6.07, 6.45) is 2.06. The number of hydrogen-bond donors (Lipinski definition) is 0. The van der Waals surface area contributed by atoms with Crippen LogP contribution >= 0.6 is 15.9 Å². The molecule has 1 aliphatic heterocycles. The third-order valence-electron chi connectivity index (χ3n) is 3.37. The van der Waals surface area contributed by atoms with E-state index in [1.165, 1.54) is 5.69 Å². The van der Waals surface area contributed by atoms with E-state index in [1.807, 2.05) is 18.2 Å². The van der Waals surface area contributed by atoms with Crippen LogP contribution in [0.15, 0.2) is 24.4 Å². The number of imidazole rings is 1. The predicted molar refractivity (Wildman–Crippen MR) is 75.5 cm³/mol. The largest absolute Gasteiger partial charge is 0.377 e. The average molecular weight is 310 g/mol. The second kappa shape index (κ2) is 4.90. The Balaban J connectivity index is 2.10. The summed E-state index contributed by atoms with van der Waals surface area (Å²) in [6.45, 7) is 4.64. The van der Waals surface area contributed by atoms with Gasteiger partial charge in [-0.05, 0) is 19.1 Å². The number of pyridine rings is 1. The predicted octanol–water partition coefficient (Wildman–Crippen LogP) is 2.45. The molecule has 0 spiro atoms. The number of halogens is 1. The van der Waals surface area contributed by atoms with E-state index in [9.17, 15) is 0 Å². The minimum atomic E-state index is 0.376. The van der Waals surface area contributed by atoms with Gasteiger partial charge in [-0.1, -0.05) is 22.0 Å². The van der Waals surface area contributed by atoms with E-state index < -0.39 is 0 Å². The lowest BCUT2D eigenvalue weighted by molar-refractivity contribution is 0.0985. The molecule has 96 valence electrons. The smallest absolute Gasteiger partial charge is 0.152 e. The second-order valence-corrected chi connectivity index (χ2v) is 5.12. The number of rotatable bonds is 2. The molecule has 2 aromatic heterocycles. The SMILES string of the molecule is CC1COCCN1c1nc2ccccn2c1CBr. The molecule has 0 radical (unpaired) electrons. The van der Waals surface area contributed by atoms with Gasteiger partial charge in [-0.25, -0.2) is 4.98 Å². The Labute approximate surface area is 115 Å². The van der Waals surface area contributed by atoms with Crippen molar-refractivity contribution in [2.75, 3.05) is 24.7 Å². The van der Waals surface area contributed by atoms with E-state index in [0.717, 1.165) is 36.6 Å². The molecule has 0 saturated carbocycles. The van der Waals surface area contributed by atoms with Gasteiger partial charge in [-0.2, -0.15) is 0 Å². The number of ether oxygens (including phenoxy) is 1. The third kappa shape index (κ3) is 1.91. The third-order valence-corrected chi connectivity index (χ3v) is 3.91. The van der Waals surface area contributed by atoms with E-state index in [2.05, 4.69) is 38.4 Å². The van der Waals surface area contributed by atoms with Crippen LogP contribution in [0.3, 0.4) is 0 Å². The molecule has 2 aromatic rings. The molecule has 0 amide bonds. The number of anilines is 1. The standard InChI is InChI=1S/C13H16BrN3O/c1-10-9-18-7-6-16(10)13-11(8-14)17-5-3-2-4-12(17)15-13/h2-5,10H,6-9H2,1H3. The molecule has 4 nitrogen and oxygen atoms in total. The highest BCUT2D eigenvalue weighted by Crippen LogP contribution is 2.26. The Hall–Kier alpha value is -1.07. The Morgan fingerprint density at radius 1 is 1.50 bits per heavy atom. The molecule has 18 heavy (non-hydrogen) atoms. The van der Waals surface area contributed by atoms with Gasteiger partial charge in [0.15, 0.2) is 5.82 Å². The van der Waals surface area contributed by atoms with Gasteiger partial charge in [0.05, 0.1) is 24.9 Å². The molecule has 5 heteroatoms. The van der Waals surface area contributed by atoms with Gasteiger partial charge in [0.1, 0.15) is 5.65 Å². The van der Waals surface area contributed by atoms with Crippen molar-refractivity contribution in [1.82, 2.24) is 9.38 Å². The summed E-state index contributed by atoms with van der Waals surface area (Å²) in [5.41, 5.74) is 2.21. The van der Waals surface area contributed by atoms with Gasteiger partial charge in [0.25, 0.3) is 0 Å². The molecule has 1 unspecified atom stereocenters. The van der Waals surface area contributed by atoms with Crippen LogP contribution in [-0.4, -0.2) is 35.2 Å². The molecule has 0 bridgehead atoms. The molecule has 1 fully saturated rings. The lowest BCUT2D eigenvalue weighted by Crippen LogP contribution is -2.44. The zero-order valence-electron chi connectivity index (χ0n) is 10.3. The summed E-state index contributed by atoms with van der Waals surface area (Å²) < 4.78 is 7.64.